The van der Waals surface area contributed by atoms with Gasteiger partial charge in [0.15, 0.2) is 36.0 Å². The van der Waals surface area contributed by atoms with Gasteiger partial charge in [0, 0.05) is 0 Å². The molecule has 0 heterocycles. The maximum Gasteiger partial charge on any atom is 0.327 e. The fraction of sp³-hybridized carbons (Fsp3) is 0.0741. The Morgan fingerprint density at radius 1 is 0.778 bits per heavy atom. The summed E-state index contributed by atoms with van der Waals surface area (Å²) in [4.78, 5) is 15.8. The third kappa shape index (κ3) is 6.49. The third-order valence-corrected chi connectivity index (χ3v) is 10.6. The van der Waals surface area contributed by atoms with E-state index in [2.05, 4.69) is 24.3 Å². The highest BCUT2D eigenvalue weighted by Crippen LogP contribution is 2.32. The minimum atomic E-state index is -3.91. The van der Waals surface area contributed by atoms with Gasteiger partial charge in [-0.15, -0.1) is 0 Å². The normalized spacial score (nSPS) is 11.4. The number of esters is 1. The molecule has 0 spiro atoms. The van der Waals surface area contributed by atoms with Gasteiger partial charge in [0.1, 0.15) is 0 Å². The van der Waals surface area contributed by atoms with Gasteiger partial charge in [0.25, 0.3) is 0 Å². The summed E-state index contributed by atoms with van der Waals surface area (Å²) in [6.07, 6.45) is 0. The lowest BCUT2D eigenvalue weighted by Crippen LogP contribution is -2.22. The third-order valence-electron chi connectivity index (χ3n) is 5.14. The largest absolute Gasteiger partial charge is 0.423 e. The Morgan fingerprint density at radius 2 is 1.25 bits per heavy atom. The average Bonchev–Trinajstić information content (AvgIpc) is 2.87. The van der Waals surface area contributed by atoms with E-state index in [4.69, 9.17) is 4.74 Å². The van der Waals surface area contributed by atoms with Crippen LogP contribution in [-0.2, 0) is 32.1 Å². The number of hydrogen-bond acceptors (Lipinski definition) is 5. The van der Waals surface area contributed by atoms with E-state index in [9.17, 15) is 18.3 Å². The van der Waals surface area contributed by atoms with Gasteiger partial charge in [-0.25, -0.2) is 8.42 Å². The SMILES string of the molecule is O=C(CS(=O)(=O)c1ccc([S+](c2ccccc2)c2ccccc2)cc1)Oc1c(I)cc(CO)cc1I. The second kappa shape index (κ2) is 12.1. The fourth-order valence-electron chi connectivity index (χ4n) is 3.49. The zero-order chi connectivity index (χ0) is 25.7. The summed E-state index contributed by atoms with van der Waals surface area (Å²) >= 11 is 3.99. The van der Waals surface area contributed by atoms with Crippen LogP contribution in [-0.4, -0.2) is 25.2 Å². The topological polar surface area (TPSA) is 80.7 Å². The molecule has 1 N–H and O–H groups in total. The summed E-state index contributed by atoms with van der Waals surface area (Å²) in [5.74, 6) is -1.35. The number of halogens is 2. The predicted molar refractivity (Wildman–Crippen MR) is 157 cm³/mol. The number of hydrogen-bond donors (Lipinski definition) is 1. The Morgan fingerprint density at radius 3 is 1.72 bits per heavy atom. The summed E-state index contributed by atoms with van der Waals surface area (Å²) in [5.41, 5.74) is 0.682. The lowest BCUT2D eigenvalue weighted by molar-refractivity contribution is -0.131. The van der Waals surface area contributed by atoms with E-state index >= 15 is 0 Å². The maximum absolute atomic E-state index is 13.0. The first-order valence-electron chi connectivity index (χ1n) is 10.7. The summed E-state index contributed by atoms with van der Waals surface area (Å²) < 4.78 is 32.6. The summed E-state index contributed by atoms with van der Waals surface area (Å²) in [6, 6.07) is 30.2. The van der Waals surface area contributed by atoms with Crippen molar-refractivity contribution in [3.05, 3.63) is 110 Å². The molecule has 0 fully saturated rings. The molecule has 0 atom stereocenters. The first-order chi connectivity index (χ1) is 17.3. The molecule has 36 heavy (non-hydrogen) atoms. The quantitative estimate of drug-likeness (QED) is 0.106. The standard InChI is InChI=1S/C27H21I2O5S2/c28-24-15-19(17-30)16-25(29)27(24)34-26(31)18-36(32,33)23-13-11-22(12-14-23)35(20-7-3-1-4-8-20)21-9-5-2-6-10-21/h1-16,30H,17-18H2/q+1. The number of benzene rings is 4. The first kappa shape index (κ1) is 27.1. The van der Waals surface area contributed by atoms with Gasteiger partial charge >= 0.3 is 5.97 Å². The lowest BCUT2D eigenvalue weighted by Gasteiger charge is -2.11. The van der Waals surface area contributed by atoms with Crippen molar-refractivity contribution in [2.75, 3.05) is 5.75 Å². The van der Waals surface area contributed by atoms with Gasteiger partial charge in [0.05, 0.1) is 29.5 Å². The first-order valence-corrected chi connectivity index (χ1v) is 15.8. The monoisotopic (exact) mass is 743 g/mol. The van der Waals surface area contributed by atoms with Crippen LogP contribution in [0.4, 0.5) is 0 Å². The number of aliphatic hydroxyl groups excluding tert-OH is 1. The molecule has 4 rings (SSSR count). The van der Waals surface area contributed by atoms with Crippen molar-refractivity contribution in [2.45, 2.75) is 26.2 Å². The van der Waals surface area contributed by atoms with Gasteiger partial charge in [-0.1, -0.05) is 36.4 Å². The Kier molecular flexibility index (Phi) is 9.10. The molecule has 0 radical (unpaired) electrons. The van der Waals surface area contributed by atoms with Crippen molar-refractivity contribution < 1.29 is 23.1 Å². The number of carbonyl (C=O) groups is 1. The van der Waals surface area contributed by atoms with E-state index in [1.54, 1.807) is 36.4 Å². The van der Waals surface area contributed by atoms with Crippen LogP contribution >= 0.6 is 45.2 Å². The van der Waals surface area contributed by atoms with E-state index in [0.717, 1.165) is 14.7 Å². The number of aliphatic hydroxyl groups is 1. The summed E-state index contributed by atoms with van der Waals surface area (Å²) in [5, 5.41) is 9.33. The second-order valence-corrected chi connectivity index (χ2v) is 14.0. The number of sulfone groups is 1. The highest BCUT2D eigenvalue weighted by Gasteiger charge is 2.29. The van der Waals surface area contributed by atoms with Gasteiger partial charge in [0.2, 0.25) is 0 Å². The Labute approximate surface area is 240 Å². The molecule has 0 aliphatic carbocycles. The summed E-state index contributed by atoms with van der Waals surface area (Å²) in [7, 11) is -4.31. The maximum atomic E-state index is 13.0. The molecule has 9 heteroatoms. The average molecular weight is 743 g/mol. The van der Waals surface area contributed by atoms with Crippen LogP contribution in [0.2, 0.25) is 0 Å². The molecule has 0 saturated heterocycles. The molecule has 0 amide bonds. The van der Waals surface area contributed by atoms with Gasteiger partial charge in [-0.3, -0.25) is 4.79 Å². The van der Waals surface area contributed by atoms with Gasteiger partial charge in [-0.05, 0) is 111 Å². The molecular formula is C27H21I2O5S2+. The number of rotatable bonds is 8. The van der Waals surface area contributed by atoms with Crippen LogP contribution in [0.25, 0.3) is 0 Å². The van der Waals surface area contributed by atoms with Crippen LogP contribution in [0.15, 0.2) is 117 Å². The molecule has 0 saturated carbocycles. The molecule has 5 nitrogen and oxygen atoms in total. The van der Waals surface area contributed by atoms with Crippen molar-refractivity contribution in [3.8, 4) is 5.75 Å². The Hall–Kier alpha value is -1.93. The zero-order valence-electron chi connectivity index (χ0n) is 18.8. The molecular weight excluding hydrogens is 722 g/mol. The summed E-state index contributed by atoms with van der Waals surface area (Å²) in [6.45, 7) is -0.138. The number of carbonyl (C=O) groups excluding carboxylic acids is 1. The van der Waals surface area contributed by atoms with Crippen LogP contribution in [0, 0.1) is 7.14 Å². The van der Waals surface area contributed by atoms with Crippen molar-refractivity contribution in [2.24, 2.45) is 0 Å². The zero-order valence-corrected chi connectivity index (χ0v) is 24.8. The smallest absolute Gasteiger partial charge is 0.327 e. The number of ether oxygens (including phenoxy) is 1. The van der Waals surface area contributed by atoms with E-state index < -0.39 is 32.5 Å². The molecule has 0 aliphatic heterocycles. The molecule has 0 aliphatic rings. The minimum absolute atomic E-state index is 0.0629. The highest BCUT2D eigenvalue weighted by atomic mass is 127. The fourth-order valence-corrected chi connectivity index (χ4v) is 8.77. The molecule has 4 aromatic rings. The molecule has 184 valence electrons. The van der Waals surface area contributed by atoms with Crippen LogP contribution in [0.3, 0.4) is 0 Å². The van der Waals surface area contributed by atoms with Crippen molar-refractivity contribution in [1.82, 2.24) is 0 Å². The molecule has 0 bridgehead atoms. The second-order valence-electron chi connectivity index (χ2n) is 7.68. The highest BCUT2D eigenvalue weighted by molar-refractivity contribution is 14.1. The minimum Gasteiger partial charge on any atom is -0.423 e. The van der Waals surface area contributed by atoms with Crippen molar-refractivity contribution >= 4 is 71.9 Å². The van der Waals surface area contributed by atoms with Gasteiger partial charge < -0.3 is 9.84 Å². The Balaban J connectivity index is 1.55. The molecule has 4 aromatic carbocycles. The lowest BCUT2D eigenvalue weighted by atomic mass is 10.2. The van der Waals surface area contributed by atoms with E-state index in [1.807, 2.05) is 81.6 Å². The predicted octanol–water partition coefficient (Wildman–Crippen LogP) is 5.86. The molecule has 0 aromatic heterocycles. The van der Waals surface area contributed by atoms with E-state index in [1.165, 1.54) is 0 Å². The van der Waals surface area contributed by atoms with Crippen molar-refractivity contribution in [3.63, 3.8) is 0 Å². The van der Waals surface area contributed by atoms with Crippen LogP contribution in [0.1, 0.15) is 5.56 Å². The van der Waals surface area contributed by atoms with Crippen LogP contribution in [0.5, 0.6) is 5.75 Å². The van der Waals surface area contributed by atoms with Crippen LogP contribution < -0.4 is 4.74 Å². The van der Waals surface area contributed by atoms with E-state index in [-0.39, 0.29) is 11.5 Å². The molecule has 0 unspecified atom stereocenters. The Bertz CT molecular complexity index is 1400. The van der Waals surface area contributed by atoms with Gasteiger partial charge in [-0.2, -0.15) is 0 Å². The van der Waals surface area contributed by atoms with E-state index in [0.29, 0.717) is 18.5 Å². The van der Waals surface area contributed by atoms with Crippen molar-refractivity contribution in [1.29, 1.82) is 0 Å².